The molecule has 1 aliphatic rings. The van der Waals surface area contributed by atoms with Crippen molar-refractivity contribution in [2.75, 3.05) is 0 Å². The lowest BCUT2D eigenvalue weighted by Gasteiger charge is -2.08. The van der Waals surface area contributed by atoms with Crippen molar-refractivity contribution in [3.8, 4) is 5.75 Å². The fraction of sp³-hybridized carbons (Fsp3) is 0.312. The number of hydrogen-bond acceptors (Lipinski definition) is 3. The molecule has 2 aromatic rings. The van der Waals surface area contributed by atoms with Crippen LogP contribution in [0.3, 0.4) is 0 Å². The molecule has 0 atom stereocenters. The maximum absolute atomic E-state index is 13.4. The third kappa shape index (κ3) is 3.98. The van der Waals surface area contributed by atoms with E-state index in [0.717, 1.165) is 23.9 Å². The van der Waals surface area contributed by atoms with Crippen molar-refractivity contribution in [3.63, 3.8) is 0 Å². The highest BCUT2D eigenvalue weighted by molar-refractivity contribution is 5.25. The molecule has 5 heteroatoms. The van der Waals surface area contributed by atoms with Crippen molar-refractivity contribution in [2.24, 2.45) is 0 Å². The van der Waals surface area contributed by atoms with E-state index in [2.05, 4.69) is 10.3 Å². The van der Waals surface area contributed by atoms with Crippen LogP contribution in [-0.4, -0.2) is 11.0 Å². The standard InChI is InChI=1S/C16H16F2N2O/c17-11-4-7-15(18)16(8-11)21-10-14-3-1-2-13(20-14)9-19-12-5-6-12/h1-4,7-8,12,19H,5-6,9-10H2. The number of benzene rings is 1. The van der Waals surface area contributed by atoms with E-state index < -0.39 is 11.6 Å². The smallest absolute Gasteiger partial charge is 0.165 e. The number of ether oxygens (including phenoxy) is 1. The molecule has 0 radical (unpaired) electrons. The first-order valence-corrected chi connectivity index (χ1v) is 6.97. The number of rotatable bonds is 6. The van der Waals surface area contributed by atoms with Gasteiger partial charge in [-0.15, -0.1) is 0 Å². The summed E-state index contributed by atoms with van der Waals surface area (Å²) in [5, 5.41) is 3.38. The van der Waals surface area contributed by atoms with E-state index in [-0.39, 0.29) is 12.4 Å². The molecular weight excluding hydrogens is 274 g/mol. The average Bonchev–Trinajstić information content (AvgIpc) is 3.31. The van der Waals surface area contributed by atoms with Gasteiger partial charge in [-0.3, -0.25) is 4.98 Å². The van der Waals surface area contributed by atoms with Gasteiger partial charge in [-0.25, -0.2) is 8.78 Å². The molecule has 21 heavy (non-hydrogen) atoms. The average molecular weight is 290 g/mol. The normalized spacial score (nSPS) is 14.2. The SMILES string of the molecule is Fc1ccc(F)c(OCc2cccc(CNC3CC3)n2)c1. The molecule has 3 nitrogen and oxygen atoms in total. The Balaban J connectivity index is 1.61. The second-order valence-corrected chi connectivity index (χ2v) is 5.14. The maximum Gasteiger partial charge on any atom is 0.165 e. The van der Waals surface area contributed by atoms with Gasteiger partial charge in [0, 0.05) is 18.7 Å². The van der Waals surface area contributed by atoms with E-state index in [4.69, 9.17) is 4.74 Å². The van der Waals surface area contributed by atoms with Crippen LogP contribution in [0.5, 0.6) is 5.75 Å². The van der Waals surface area contributed by atoms with E-state index >= 15 is 0 Å². The molecule has 3 rings (SSSR count). The Morgan fingerprint density at radius 3 is 2.76 bits per heavy atom. The van der Waals surface area contributed by atoms with Gasteiger partial charge in [0.1, 0.15) is 12.4 Å². The van der Waals surface area contributed by atoms with Crippen molar-refractivity contribution in [1.29, 1.82) is 0 Å². The minimum absolute atomic E-state index is 0.0988. The first-order chi connectivity index (χ1) is 10.2. The molecule has 0 saturated heterocycles. The molecule has 110 valence electrons. The van der Waals surface area contributed by atoms with Gasteiger partial charge in [-0.1, -0.05) is 6.07 Å². The molecule has 0 aliphatic heterocycles. The van der Waals surface area contributed by atoms with E-state index in [1.165, 1.54) is 12.8 Å². The van der Waals surface area contributed by atoms with Gasteiger partial charge in [0.15, 0.2) is 11.6 Å². The molecule has 0 spiro atoms. The highest BCUT2D eigenvalue weighted by Gasteiger charge is 2.20. The summed E-state index contributed by atoms with van der Waals surface area (Å²) in [4.78, 5) is 4.44. The van der Waals surface area contributed by atoms with Gasteiger partial charge in [0.05, 0.1) is 11.4 Å². The summed E-state index contributed by atoms with van der Waals surface area (Å²) in [5.41, 5.74) is 1.61. The van der Waals surface area contributed by atoms with Gasteiger partial charge in [-0.2, -0.15) is 0 Å². The number of aromatic nitrogens is 1. The van der Waals surface area contributed by atoms with Crippen molar-refractivity contribution in [2.45, 2.75) is 32.0 Å². The predicted octanol–water partition coefficient (Wildman–Crippen LogP) is 3.19. The summed E-state index contributed by atoms with van der Waals surface area (Å²) in [6.07, 6.45) is 2.45. The topological polar surface area (TPSA) is 34.1 Å². The molecule has 1 aliphatic carbocycles. The Bertz CT molecular complexity index is 629. The van der Waals surface area contributed by atoms with E-state index in [1.54, 1.807) is 6.07 Å². The van der Waals surface area contributed by atoms with Crippen LogP contribution in [-0.2, 0) is 13.2 Å². The highest BCUT2D eigenvalue weighted by atomic mass is 19.1. The molecule has 0 amide bonds. The van der Waals surface area contributed by atoms with Crippen LogP contribution in [0.15, 0.2) is 36.4 Å². The Morgan fingerprint density at radius 2 is 1.95 bits per heavy atom. The molecule has 1 fully saturated rings. The number of halogens is 2. The first kappa shape index (κ1) is 13.9. The lowest BCUT2D eigenvalue weighted by atomic mass is 10.3. The Morgan fingerprint density at radius 1 is 1.14 bits per heavy atom. The summed E-state index contributed by atoms with van der Waals surface area (Å²) >= 11 is 0. The summed E-state index contributed by atoms with van der Waals surface area (Å²) in [6.45, 7) is 0.824. The molecule has 0 unspecified atom stereocenters. The highest BCUT2D eigenvalue weighted by Crippen LogP contribution is 2.20. The van der Waals surface area contributed by atoms with Crippen molar-refractivity contribution >= 4 is 0 Å². The largest absolute Gasteiger partial charge is 0.484 e. The van der Waals surface area contributed by atoms with Crippen molar-refractivity contribution in [1.82, 2.24) is 10.3 Å². The van der Waals surface area contributed by atoms with E-state index in [1.807, 2.05) is 12.1 Å². The van der Waals surface area contributed by atoms with Gasteiger partial charge >= 0.3 is 0 Å². The van der Waals surface area contributed by atoms with Crippen LogP contribution in [0, 0.1) is 11.6 Å². The quantitative estimate of drug-likeness (QED) is 0.887. The Kier molecular flexibility index (Phi) is 4.10. The molecule has 1 aromatic heterocycles. The lowest BCUT2D eigenvalue weighted by molar-refractivity contribution is 0.284. The third-order valence-electron chi connectivity index (χ3n) is 3.28. The van der Waals surface area contributed by atoms with Gasteiger partial charge in [-0.05, 0) is 37.1 Å². The zero-order valence-corrected chi connectivity index (χ0v) is 11.5. The molecular formula is C16H16F2N2O. The summed E-state index contributed by atoms with van der Waals surface area (Å²) in [6, 6.07) is 9.39. The monoisotopic (exact) mass is 290 g/mol. The van der Waals surface area contributed by atoms with Crippen LogP contribution in [0.4, 0.5) is 8.78 Å². The second kappa shape index (κ2) is 6.18. The van der Waals surface area contributed by atoms with E-state index in [0.29, 0.717) is 18.3 Å². The zero-order valence-electron chi connectivity index (χ0n) is 11.5. The fourth-order valence-corrected chi connectivity index (χ4v) is 1.98. The third-order valence-corrected chi connectivity index (χ3v) is 3.28. The van der Waals surface area contributed by atoms with Crippen molar-refractivity contribution < 1.29 is 13.5 Å². The first-order valence-electron chi connectivity index (χ1n) is 6.97. The summed E-state index contributed by atoms with van der Waals surface area (Å²) in [5.74, 6) is -1.21. The number of hydrogen-bond donors (Lipinski definition) is 1. The molecule has 1 N–H and O–H groups in total. The minimum Gasteiger partial charge on any atom is -0.484 e. The summed E-state index contributed by atoms with van der Waals surface area (Å²) in [7, 11) is 0. The Labute approximate surface area is 122 Å². The lowest BCUT2D eigenvalue weighted by Crippen LogP contribution is -2.16. The van der Waals surface area contributed by atoms with Crippen LogP contribution < -0.4 is 10.1 Å². The van der Waals surface area contributed by atoms with Crippen LogP contribution in [0.2, 0.25) is 0 Å². The number of nitrogens with zero attached hydrogens (tertiary/aromatic N) is 1. The zero-order chi connectivity index (χ0) is 14.7. The second-order valence-electron chi connectivity index (χ2n) is 5.14. The molecule has 1 saturated carbocycles. The maximum atomic E-state index is 13.4. The number of pyridine rings is 1. The number of nitrogens with one attached hydrogen (secondary N) is 1. The molecule has 1 heterocycles. The van der Waals surface area contributed by atoms with Crippen LogP contribution in [0.1, 0.15) is 24.2 Å². The minimum atomic E-state index is -0.581. The van der Waals surface area contributed by atoms with Gasteiger partial charge in [0.25, 0.3) is 0 Å². The van der Waals surface area contributed by atoms with Crippen molar-refractivity contribution in [3.05, 3.63) is 59.4 Å². The van der Waals surface area contributed by atoms with Crippen LogP contribution in [0.25, 0.3) is 0 Å². The molecule has 0 bridgehead atoms. The fourth-order valence-electron chi connectivity index (χ4n) is 1.98. The predicted molar refractivity (Wildman–Crippen MR) is 74.8 cm³/mol. The Hall–Kier alpha value is -2.01. The van der Waals surface area contributed by atoms with Crippen LogP contribution >= 0.6 is 0 Å². The van der Waals surface area contributed by atoms with Gasteiger partial charge < -0.3 is 10.1 Å². The van der Waals surface area contributed by atoms with E-state index in [9.17, 15) is 8.78 Å². The van der Waals surface area contributed by atoms with Gasteiger partial charge in [0.2, 0.25) is 0 Å². The summed E-state index contributed by atoms with van der Waals surface area (Å²) < 4.78 is 31.8. The molecule has 1 aromatic carbocycles.